The van der Waals surface area contributed by atoms with E-state index >= 15 is 0 Å². The Labute approximate surface area is 236 Å². The zero-order valence-electron chi connectivity index (χ0n) is 23.5. The number of aliphatic hydroxyl groups excluding tert-OH is 1. The summed E-state index contributed by atoms with van der Waals surface area (Å²) in [5, 5.41) is 45.9. The fourth-order valence-electron chi connectivity index (χ4n) is 8.35. The van der Waals surface area contributed by atoms with E-state index in [1.54, 1.807) is 0 Å². The second-order valence-electron chi connectivity index (χ2n) is 12.3. The predicted molar refractivity (Wildman–Crippen MR) is 147 cm³/mol. The normalized spacial score (nSPS) is 30.0. The van der Waals surface area contributed by atoms with Crippen molar-refractivity contribution in [2.75, 3.05) is 14.2 Å². The summed E-state index contributed by atoms with van der Waals surface area (Å²) in [5.74, 6) is -6.25. The first-order valence-corrected chi connectivity index (χ1v) is 13.6. The van der Waals surface area contributed by atoms with Gasteiger partial charge in [-0.3, -0.25) is 14.4 Å². The molecule has 216 valence electrons. The molecule has 1 amide bonds. The number of aliphatic hydroxyl groups is 2. The van der Waals surface area contributed by atoms with Gasteiger partial charge in [0.15, 0.2) is 5.60 Å². The number of benzene rings is 2. The first-order valence-electron chi connectivity index (χ1n) is 13.6. The van der Waals surface area contributed by atoms with Crippen molar-refractivity contribution in [2.45, 2.75) is 63.6 Å². The summed E-state index contributed by atoms with van der Waals surface area (Å²) in [6.07, 6.45) is 2.67. The molecule has 0 heterocycles. The number of phenolic OH excluding ortho intramolecular Hbond substituents is 2. The van der Waals surface area contributed by atoms with E-state index in [1.807, 2.05) is 6.92 Å². The smallest absolute Gasteiger partial charge is 0.255 e. The lowest BCUT2D eigenvalue weighted by Crippen LogP contribution is -2.61. The third-order valence-corrected chi connectivity index (χ3v) is 10.3. The number of ketones is 2. The summed E-state index contributed by atoms with van der Waals surface area (Å²) in [4.78, 5) is 39.7. The van der Waals surface area contributed by atoms with Gasteiger partial charge in [0.2, 0.25) is 11.6 Å². The number of phenols is 2. The van der Waals surface area contributed by atoms with E-state index in [-0.39, 0.29) is 27.7 Å². The number of hydrogen-bond donors (Lipinski definition) is 5. The summed E-state index contributed by atoms with van der Waals surface area (Å²) < 4.78 is 11.7. The average Bonchev–Trinajstić information content (AvgIpc) is 3.26. The van der Waals surface area contributed by atoms with Crippen molar-refractivity contribution in [3.05, 3.63) is 51.3 Å². The molecule has 0 aromatic heterocycles. The molecule has 6 rings (SSSR count). The van der Waals surface area contributed by atoms with Gasteiger partial charge in [0.1, 0.15) is 28.6 Å². The minimum atomic E-state index is -2.84. The van der Waals surface area contributed by atoms with Crippen molar-refractivity contribution in [1.29, 1.82) is 0 Å². The van der Waals surface area contributed by atoms with Gasteiger partial charge in [-0.25, -0.2) is 0 Å². The Balaban J connectivity index is 1.77. The molecule has 1 spiro atoms. The molecule has 0 bridgehead atoms. The van der Waals surface area contributed by atoms with E-state index in [0.717, 1.165) is 24.0 Å². The maximum atomic E-state index is 14.2. The zero-order chi connectivity index (χ0) is 30.0. The first kappa shape index (κ1) is 27.3. The zero-order valence-corrected chi connectivity index (χ0v) is 23.5. The molecule has 0 unspecified atom stereocenters. The number of aromatic hydroxyl groups is 2. The van der Waals surface area contributed by atoms with Crippen molar-refractivity contribution in [2.24, 2.45) is 17.1 Å². The van der Waals surface area contributed by atoms with Crippen LogP contribution in [0.3, 0.4) is 0 Å². The highest BCUT2D eigenvalue weighted by molar-refractivity contribution is 6.33. The second-order valence-corrected chi connectivity index (χ2v) is 12.3. The molecule has 0 radical (unpaired) electrons. The van der Waals surface area contributed by atoms with E-state index in [1.165, 1.54) is 20.3 Å². The molecule has 0 saturated carbocycles. The third kappa shape index (κ3) is 2.96. The molecule has 0 fully saturated rings. The first-order chi connectivity index (χ1) is 19.2. The molecule has 4 atom stereocenters. The minimum absolute atomic E-state index is 0.00243. The lowest BCUT2D eigenvalue weighted by molar-refractivity contribution is -0.145. The number of ether oxygens (including phenoxy) is 2. The van der Waals surface area contributed by atoms with Gasteiger partial charge in [0, 0.05) is 41.9 Å². The van der Waals surface area contributed by atoms with Crippen molar-refractivity contribution < 1.29 is 44.3 Å². The number of rotatable bonds is 3. The van der Waals surface area contributed by atoms with E-state index in [2.05, 4.69) is 19.9 Å². The van der Waals surface area contributed by atoms with Crippen LogP contribution in [-0.4, -0.2) is 57.7 Å². The van der Waals surface area contributed by atoms with Crippen LogP contribution in [0.4, 0.5) is 0 Å². The molecular formula is C31H33NO9. The van der Waals surface area contributed by atoms with Crippen molar-refractivity contribution in [1.82, 2.24) is 0 Å². The second kappa shape index (κ2) is 8.33. The number of amides is 1. The van der Waals surface area contributed by atoms with E-state index < -0.39 is 64.0 Å². The maximum absolute atomic E-state index is 14.2. The third-order valence-electron chi connectivity index (χ3n) is 10.3. The molecule has 10 heteroatoms. The Morgan fingerprint density at radius 1 is 1.10 bits per heavy atom. The summed E-state index contributed by atoms with van der Waals surface area (Å²) in [6, 6.07) is 1.41. The summed E-state index contributed by atoms with van der Waals surface area (Å²) >= 11 is 0. The van der Waals surface area contributed by atoms with Crippen LogP contribution in [0, 0.1) is 11.3 Å². The number of nitrogens with two attached hydrogens (primary N) is 1. The Morgan fingerprint density at radius 3 is 2.37 bits per heavy atom. The van der Waals surface area contributed by atoms with E-state index in [9.17, 15) is 34.8 Å². The van der Waals surface area contributed by atoms with Gasteiger partial charge in [0.25, 0.3) is 5.91 Å². The topological polar surface area (TPSA) is 177 Å². The van der Waals surface area contributed by atoms with E-state index in [0.29, 0.717) is 23.1 Å². The van der Waals surface area contributed by atoms with Gasteiger partial charge in [-0.1, -0.05) is 25.5 Å². The van der Waals surface area contributed by atoms with Gasteiger partial charge in [-0.15, -0.1) is 0 Å². The molecule has 6 N–H and O–H groups in total. The van der Waals surface area contributed by atoms with Crippen LogP contribution in [0.1, 0.15) is 73.2 Å². The maximum Gasteiger partial charge on any atom is 0.255 e. The van der Waals surface area contributed by atoms with Gasteiger partial charge in [0.05, 0.1) is 24.2 Å². The predicted octanol–water partition coefficient (Wildman–Crippen LogP) is 3.32. The summed E-state index contributed by atoms with van der Waals surface area (Å²) in [7, 11) is 2.86. The molecule has 10 nitrogen and oxygen atoms in total. The standard InChI is InChI=1S/C31H33NO9/c1-12-7-6-8-29(2,3)30(12)11-13-18-20(16(34)10-17(40-4)23(18)30)24(35)22-19(13)25(41-5)14-9-15(33)21(28(32)38)26(36)31(14,39)27(22)37/h7,10,14,25,33-35,39H,6,8-9,11H2,1-5H3,(H2,32,38)/t14-,25+,30-,31-/m0/s1. The molecule has 2 aromatic rings. The van der Waals surface area contributed by atoms with Crippen molar-refractivity contribution >= 4 is 28.2 Å². The van der Waals surface area contributed by atoms with Crippen LogP contribution in [0.25, 0.3) is 10.8 Å². The van der Waals surface area contributed by atoms with Gasteiger partial charge >= 0.3 is 0 Å². The largest absolute Gasteiger partial charge is 0.511 e. The average molecular weight is 564 g/mol. The molecular weight excluding hydrogens is 530 g/mol. The van der Waals surface area contributed by atoms with Crippen LogP contribution < -0.4 is 10.5 Å². The van der Waals surface area contributed by atoms with Gasteiger partial charge in [-0.2, -0.15) is 0 Å². The number of carbonyl (C=O) groups is 3. The monoisotopic (exact) mass is 563 g/mol. The fourth-order valence-corrected chi connectivity index (χ4v) is 8.35. The highest BCUT2D eigenvalue weighted by atomic mass is 16.5. The van der Waals surface area contributed by atoms with Crippen LogP contribution in [0.15, 0.2) is 29.0 Å². The number of allylic oxidation sites excluding steroid dienone is 3. The molecule has 4 aliphatic carbocycles. The van der Waals surface area contributed by atoms with Gasteiger partial charge in [-0.05, 0) is 42.7 Å². The number of hydrogen-bond acceptors (Lipinski definition) is 9. The van der Waals surface area contributed by atoms with Crippen molar-refractivity contribution in [3.8, 4) is 17.2 Å². The number of fused-ring (bicyclic) bond motifs is 4. The number of Topliss-reactive ketones (excluding diaryl/α,β-unsaturated/α-hetero) is 2. The highest BCUT2D eigenvalue weighted by Gasteiger charge is 2.64. The van der Waals surface area contributed by atoms with E-state index in [4.69, 9.17) is 15.2 Å². The van der Waals surface area contributed by atoms with Crippen LogP contribution >= 0.6 is 0 Å². The van der Waals surface area contributed by atoms with Crippen LogP contribution in [0.2, 0.25) is 0 Å². The Morgan fingerprint density at radius 2 is 1.78 bits per heavy atom. The van der Waals surface area contributed by atoms with Crippen LogP contribution in [-0.2, 0) is 26.2 Å². The van der Waals surface area contributed by atoms with Crippen LogP contribution in [0.5, 0.6) is 17.2 Å². The minimum Gasteiger partial charge on any atom is -0.511 e. The lowest BCUT2D eigenvalue weighted by atomic mass is 9.54. The Bertz CT molecular complexity index is 1680. The summed E-state index contributed by atoms with van der Waals surface area (Å²) in [6.45, 7) is 6.36. The molecule has 2 aromatic carbocycles. The Hall–Kier alpha value is -3.89. The lowest BCUT2D eigenvalue weighted by Gasteiger charge is -2.49. The molecule has 41 heavy (non-hydrogen) atoms. The fraction of sp³-hybridized carbons (Fsp3) is 0.452. The summed E-state index contributed by atoms with van der Waals surface area (Å²) in [5.41, 5.74) is 3.07. The molecule has 0 saturated heterocycles. The van der Waals surface area contributed by atoms with Gasteiger partial charge < -0.3 is 35.6 Å². The molecule has 4 aliphatic rings. The number of primary amides is 1. The quantitative estimate of drug-likeness (QED) is 0.213. The molecule has 0 aliphatic heterocycles. The Kier molecular flexibility index (Phi) is 5.54. The number of methoxy groups -OCH3 is 2. The SMILES string of the molecule is COc1cc(O)c2c(O)c3c(c4c2c1[C@]1(C4)C(C)=CCCC1(C)C)[C@H](OC)[C@@H]1CC(O)=C(C(N)=O)C(=O)[C@]1(O)C3=O. The van der Waals surface area contributed by atoms with Crippen molar-refractivity contribution in [3.63, 3.8) is 0 Å². The highest BCUT2D eigenvalue weighted by Crippen LogP contribution is 2.66. The number of carbonyl (C=O) groups excluding carboxylic acids is 3.